The molecule has 31 heavy (non-hydrogen) atoms. The van der Waals surface area contributed by atoms with Crippen LogP contribution in [0.2, 0.25) is 0 Å². The fourth-order valence-electron chi connectivity index (χ4n) is 3.50. The monoisotopic (exact) mass is 436 g/mol. The van der Waals surface area contributed by atoms with Gasteiger partial charge in [0.15, 0.2) is 0 Å². The highest BCUT2D eigenvalue weighted by molar-refractivity contribution is 7.92. The summed E-state index contributed by atoms with van der Waals surface area (Å²) in [4.78, 5) is 13.3. The van der Waals surface area contributed by atoms with Gasteiger partial charge in [-0.05, 0) is 54.3 Å². The molecule has 0 aliphatic carbocycles. The fraction of sp³-hybridized carbons (Fsp3) is 0.240. The van der Waals surface area contributed by atoms with E-state index in [1.54, 1.807) is 54.6 Å². The Bertz CT molecular complexity index is 1160. The summed E-state index contributed by atoms with van der Waals surface area (Å²) in [6, 6.07) is 22.8. The average molecular weight is 437 g/mol. The number of carbonyl (C=O) groups is 1. The van der Waals surface area contributed by atoms with Crippen LogP contribution >= 0.6 is 0 Å². The largest absolute Gasteiger partial charge is 0.345 e. The van der Waals surface area contributed by atoms with Crippen LogP contribution in [0.3, 0.4) is 0 Å². The standard InChI is InChI=1S/C25H28N2O3S/c1-18(2)24(23-16-9-8-11-19(23)3)26-25(28)20-12-10-13-21(17-20)27(4)31(29,30)22-14-6-5-7-15-22/h5-18,24H,1-4H3,(H,26,28). The molecule has 0 aromatic heterocycles. The molecule has 1 atom stereocenters. The first-order valence-electron chi connectivity index (χ1n) is 10.2. The third-order valence-corrected chi connectivity index (χ3v) is 7.15. The summed E-state index contributed by atoms with van der Waals surface area (Å²) in [5, 5.41) is 3.12. The normalized spacial score (nSPS) is 12.4. The predicted octanol–water partition coefficient (Wildman–Crippen LogP) is 4.95. The first kappa shape index (κ1) is 22.6. The van der Waals surface area contributed by atoms with Crippen LogP contribution in [0.25, 0.3) is 0 Å². The zero-order valence-corrected chi connectivity index (χ0v) is 19.1. The first-order chi connectivity index (χ1) is 14.7. The Labute approximate surface area is 184 Å². The second-order valence-electron chi connectivity index (χ2n) is 7.89. The Morgan fingerprint density at radius 2 is 1.55 bits per heavy atom. The van der Waals surface area contributed by atoms with Gasteiger partial charge in [0.1, 0.15) is 0 Å². The highest BCUT2D eigenvalue weighted by atomic mass is 32.2. The number of hydrogen-bond acceptors (Lipinski definition) is 3. The summed E-state index contributed by atoms with van der Waals surface area (Å²) in [7, 11) is -2.23. The van der Waals surface area contributed by atoms with Gasteiger partial charge >= 0.3 is 0 Å². The summed E-state index contributed by atoms with van der Waals surface area (Å²) in [6.45, 7) is 6.16. The van der Waals surface area contributed by atoms with E-state index in [0.29, 0.717) is 11.3 Å². The lowest BCUT2D eigenvalue weighted by Crippen LogP contribution is -2.32. The van der Waals surface area contributed by atoms with Crippen LogP contribution in [0.15, 0.2) is 83.8 Å². The molecule has 1 amide bonds. The molecule has 162 valence electrons. The number of benzene rings is 3. The zero-order valence-electron chi connectivity index (χ0n) is 18.2. The maximum Gasteiger partial charge on any atom is 0.264 e. The summed E-state index contributed by atoms with van der Waals surface area (Å²) in [5.74, 6) is -0.0522. The van der Waals surface area contributed by atoms with Gasteiger partial charge < -0.3 is 5.32 Å². The number of anilines is 1. The van der Waals surface area contributed by atoms with Crippen molar-refractivity contribution in [3.05, 3.63) is 95.6 Å². The van der Waals surface area contributed by atoms with E-state index in [-0.39, 0.29) is 22.8 Å². The molecule has 0 spiro atoms. The molecule has 0 fully saturated rings. The van der Waals surface area contributed by atoms with Crippen LogP contribution in [-0.4, -0.2) is 21.4 Å². The minimum atomic E-state index is -3.72. The molecule has 0 radical (unpaired) electrons. The second-order valence-corrected chi connectivity index (χ2v) is 9.86. The molecule has 0 bridgehead atoms. The van der Waals surface area contributed by atoms with Crippen molar-refractivity contribution >= 4 is 21.6 Å². The number of amides is 1. The Balaban J connectivity index is 1.87. The smallest absolute Gasteiger partial charge is 0.264 e. The molecule has 3 aromatic rings. The molecule has 6 heteroatoms. The molecule has 0 heterocycles. The maximum absolute atomic E-state index is 13.1. The van der Waals surface area contributed by atoms with E-state index >= 15 is 0 Å². The Morgan fingerprint density at radius 3 is 2.19 bits per heavy atom. The molecule has 5 nitrogen and oxygen atoms in total. The topological polar surface area (TPSA) is 66.5 Å². The minimum Gasteiger partial charge on any atom is -0.345 e. The van der Waals surface area contributed by atoms with E-state index in [1.807, 2.05) is 31.2 Å². The highest BCUT2D eigenvalue weighted by Crippen LogP contribution is 2.26. The van der Waals surface area contributed by atoms with Crippen molar-refractivity contribution in [1.82, 2.24) is 5.32 Å². The number of carbonyl (C=O) groups excluding carboxylic acids is 1. The van der Waals surface area contributed by atoms with Crippen molar-refractivity contribution in [3.8, 4) is 0 Å². The van der Waals surface area contributed by atoms with Gasteiger partial charge in [-0.15, -0.1) is 0 Å². The molecule has 3 aromatic carbocycles. The van der Waals surface area contributed by atoms with Gasteiger partial charge in [-0.2, -0.15) is 0 Å². The molecule has 1 N–H and O–H groups in total. The predicted molar refractivity (Wildman–Crippen MR) is 125 cm³/mol. The number of sulfonamides is 1. The summed E-state index contributed by atoms with van der Waals surface area (Å²) in [6.07, 6.45) is 0. The minimum absolute atomic E-state index is 0.150. The van der Waals surface area contributed by atoms with Crippen molar-refractivity contribution < 1.29 is 13.2 Å². The fourth-order valence-corrected chi connectivity index (χ4v) is 4.70. The van der Waals surface area contributed by atoms with Crippen LogP contribution in [0, 0.1) is 12.8 Å². The van der Waals surface area contributed by atoms with Crippen molar-refractivity contribution in [1.29, 1.82) is 0 Å². The van der Waals surface area contributed by atoms with Gasteiger partial charge in [0.25, 0.3) is 15.9 Å². The van der Waals surface area contributed by atoms with Crippen LogP contribution in [0.5, 0.6) is 0 Å². The Hall–Kier alpha value is -3.12. The molecule has 0 aliphatic heterocycles. The van der Waals surface area contributed by atoms with E-state index in [4.69, 9.17) is 0 Å². The molecule has 1 unspecified atom stereocenters. The summed E-state index contributed by atoms with van der Waals surface area (Å²) >= 11 is 0. The van der Waals surface area contributed by atoms with Crippen LogP contribution in [-0.2, 0) is 10.0 Å². The number of aryl methyl sites for hydroxylation is 1. The SMILES string of the molecule is Cc1ccccc1C(NC(=O)c1cccc(N(C)S(=O)(=O)c2ccccc2)c1)C(C)C. The molecule has 0 aliphatic rings. The Morgan fingerprint density at radius 1 is 0.903 bits per heavy atom. The lowest BCUT2D eigenvalue weighted by molar-refractivity contribution is 0.0925. The zero-order chi connectivity index (χ0) is 22.6. The van der Waals surface area contributed by atoms with Crippen molar-refractivity contribution in [2.75, 3.05) is 11.4 Å². The van der Waals surface area contributed by atoms with Crippen molar-refractivity contribution in [3.63, 3.8) is 0 Å². The van der Waals surface area contributed by atoms with Gasteiger partial charge in [-0.3, -0.25) is 9.10 Å². The van der Waals surface area contributed by atoms with Gasteiger partial charge in [0.05, 0.1) is 16.6 Å². The van der Waals surface area contributed by atoms with E-state index in [1.165, 1.54) is 11.4 Å². The van der Waals surface area contributed by atoms with Crippen molar-refractivity contribution in [2.24, 2.45) is 5.92 Å². The Kier molecular flexibility index (Phi) is 6.81. The maximum atomic E-state index is 13.1. The van der Waals surface area contributed by atoms with Gasteiger partial charge in [0.2, 0.25) is 0 Å². The average Bonchev–Trinajstić information content (AvgIpc) is 2.78. The molecule has 0 saturated carbocycles. The number of hydrogen-bond donors (Lipinski definition) is 1. The lowest BCUT2D eigenvalue weighted by atomic mass is 9.92. The summed E-state index contributed by atoms with van der Waals surface area (Å²) in [5.41, 5.74) is 3.02. The quantitative estimate of drug-likeness (QED) is 0.570. The third kappa shape index (κ3) is 4.97. The van der Waals surface area contributed by atoms with E-state index in [0.717, 1.165) is 11.1 Å². The lowest BCUT2D eigenvalue weighted by Gasteiger charge is -2.25. The molecular formula is C25H28N2O3S. The van der Waals surface area contributed by atoms with E-state index < -0.39 is 10.0 Å². The van der Waals surface area contributed by atoms with Gasteiger partial charge in [-0.1, -0.05) is 62.4 Å². The van der Waals surface area contributed by atoms with Crippen LogP contribution in [0.4, 0.5) is 5.69 Å². The van der Waals surface area contributed by atoms with Gasteiger partial charge in [0, 0.05) is 12.6 Å². The van der Waals surface area contributed by atoms with E-state index in [2.05, 4.69) is 19.2 Å². The first-order valence-corrected chi connectivity index (χ1v) is 11.7. The number of nitrogens with one attached hydrogen (secondary N) is 1. The highest BCUT2D eigenvalue weighted by Gasteiger charge is 2.23. The van der Waals surface area contributed by atoms with E-state index in [9.17, 15) is 13.2 Å². The van der Waals surface area contributed by atoms with Crippen molar-refractivity contribution in [2.45, 2.75) is 31.7 Å². The van der Waals surface area contributed by atoms with Gasteiger partial charge in [-0.25, -0.2) is 8.42 Å². The molecule has 0 saturated heterocycles. The number of rotatable bonds is 7. The second kappa shape index (κ2) is 9.35. The van der Waals surface area contributed by atoms with Crippen LogP contribution < -0.4 is 9.62 Å². The number of nitrogens with zero attached hydrogens (tertiary/aromatic N) is 1. The van der Waals surface area contributed by atoms with Crippen LogP contribution in [0.1, 0.15) is 41.4 Å². The molecule has 3 rings (SSSR count). The summed E-state index contributed by atoms with van der Waals surface area (Å²) < 4.78 is 27.1. The molecular weight excluding hydrogens is 408 g/mol. The third-order valence-electron chi connectivity index (χ3n) is 5.35.